The fraction of sp³-hybridized carbons (Fsp3) is 0.500. The minimum absolute atomic E-state index is 0.0944. The van der Waals surface area contributed by atoms with Gasteiger partial charge in [-0.05, 0) is 45.1 Å². The van der Waals surface area contributed by atoms with Crippen LogP contribution in [-0.2, 0) is 4.74 Å². The Hall–Kier alpha value is -1.86. The van der Waals surface area contributed by atoms with Gasteiger partial charge in [-0.3, -0.25) is 5.43 Å². The first-order valence-corrected chi connectivity index (χ1v) is 8.09. The quantitative estimate of drug-likeness (QED) is 0.383. The summed E-state index contributed by atoms with van der Waals surface area (Å²) in [4.78, 5) is 2.16. The number of nitrogens with zero attached hydrogens (tertiary/aromatic N) is 2. The molecule has 23 heavy (non-hydrogen) atoms. The highest BCUT2D eigenvalue weighted by Crippen LogP contribution is 2.23. The lowest BCUT2D eigenvalue weighted by Gasteiger charge is -2.21. The van der Waals surface area contributed by atoms with Gasteiger partial charge in [0.1, 0.15) is 5.75 Å². The summed E-state index contributed by atoms with van der Waals surface area (Å²) < 4.78 is 5.02. The highest BCUT2D eigenvalue weighted by molar-refractivity contribution is 7.80. The standard InChI is InChI=1S/C16H26N4O2S/c1-5-20(6-2)14-8-7-13(15(21)9-14)10-17-19-16(23)18-12(3)11-22-4/h7-10,12,21H,5-6,11H2,1-4H3,(H2,18,19,23)/b17-10+/t12-/m0/s1. The first-order chi connectivity index (χ1) is 11.0. The van der Waals surface area contributed by atoms with Crippen molar-refractivity contribution in [2.45, 2.75) is 26.8 Å². The molecule has 0 bridgehead atoms. The smallest absolute Gasteiger partial charge is 0.187 e. The number of ether oxygens (including phenoxy) is 1. The molecule has 0 unspecified atom stereocenters. The maximum Gasteiger partial charge on any atom is 0.187 e. The van der Waals surface area contributed by atoms with E-state index < -0.39 is 0 Å². The molecule has 1 rings (SSSR count). The summed E-state index contributed by atoms with van der Waals surface area (Å²) in [5, 5.41) is 17.6. The molecule has 0 aliphatic carbocycles. The van der Waals surface area contributed by atoms with Crippen molar-refractivity contribution in [1.82, 2.24) is 10.7 Å². The van der Waals surface area contributed by atoms with Gasteiger partial charge in [0.05, 0.1) is 12.8 Å². The second kappa shape index (κ2) is 10.0. The Labute approximate surface area is 143 Å². The SMILES string of the molecule is CCN(CC)c1ccc(/C=N/NC(=S)N[C@@H](C)COC)c(O)c1. The van der Waals surface area contributed by atoms with E-state index in [2.05, 4.69) is 34.6 Å². The molecule has 0 amide bonds. The molecule has 0 saturated heterocycles. The number of aromatic hydroxyl groups is 1. The van der Waals surface area contributed by atoms with Crippen molar-refractivity contribution in [3.8, 4) is 5.75 Å². The van der Waals surface area contributed by atoms with Gasteiger partial charge in [0.2, 0.25) is 0 Å². The number of hydrogen-bond donors (Lipinski definition) is 3. The summed E-state index contributed by atoms with van der Waals surface area (Å²) in [7, 11) is 1.64. The van der Waals surface area contributed by atoms with Crippen LogP contribution in [0.2, 0.25) is 0 Å². The Morgan fingerprint density at radius 3 is 2.70 bits per heavy atom. The van der Waals surface area contributed by atoms with E-state index in [-0.39, 0.29) is 11.8 Å². The Balaban J connectivity index is 2.62. The summed E-state index contributed by atoms with van der Waals surface area (Å²) >= 11 is 5.12. The lowest BCUT2D eigenvalue weighted by atomic mass is 10.2. The first-order valence-electron chi connectivity index (χ1n) is 7.68. The summed E-state index contributed by atoms with van der Waals surface area (Å²) in [6, 6.07) is 5.63. The van der Waals surface area contributed by atoms with Crippen LogP contribution in [0.15, 0.2) is 23.3 Å². The van der Waals surface area contributed by atoms with E-state index in [1.165, 1.54) is 6.21 Å². The van der Waals surface area contributed by atoms with Crippen LogP contribution in [0.3, 0.4) is 0 Å². The molecule has 0 spiro atoms. The third kappa shape index (κ3) is 6.42. The molecule has 7 heteroatoms. The van der Waals surface area contributed by atoms with Crippen molar-refractivity contribution >= 4 is 29.2 Å². The number of anilines is 1. The van der Waals surface area contributed by atoms with Crippen molar-refractivity contribution in [2.24, 2.45) is 5.10 Å². The molecule has 0 aliphatic heterocycles. The largest absolute Gasteiger partial charge is 0.507 e. The van der Waals surface area contributed by atoms with E-state index in [0.717, 1.165) is 18.8 Å². The first kappa shape index (κ1) is 19.2. The van der Waals surface area contributed by atoms with Crippen molar-refractivity contribution in [2.75, 3.05) is 31.7 Å². The van der Waals surface area contributed by atoms with Crippen LogP contribution in [0, 0.1) is 0 Å². The van der Waals surface area contributed by atoms with Crippen molar-refractivity contribution < 1.29 is 9.84 Å². The Kier molecular flexibility index (Phi) is 8.36. The average molecular weight is 338 g/mol. The predicted octanol–water partition coefficient (Wildman–Crippen LogP) is 2.07. The van der Waals surface area contributed by atoms with Crippen LogP contribution in [0.4, 0.5) is 5.69 Å². The van der Waals surface area contributed by atoms with Gasteiger partial charge in [-0.25, -0.2) is 0 Å². The summed E-state index contributed by atoms with van der Waals surface area (Å²) in [6.07, 6.45) is 1.54. The molecule has 6 nitrogen and oxygen atoms in total. The molecule has 0 fully saturated rings. The number of benzene rings is 1. The molecular weight excluding hydrogens is 312 g/mol. The van der Waals surface area contributed by atoms with Gasteiger partial charge in [0.25, 0.3) is 0 Å². The van der Waals surface area contributed by atoms with Crippen LogP contribution >= 0.6 is 12.2 Å². The highest BCUT2D eigenvalue weighted by atomic mass is 32.1. The number of phenolic OH excluding ortho intramolecular Hbond substituents is 1. The van der Waals surface area contributed by atoms with E-state index in [1.807, 2.05) is 19.1 Å². The topological polar surface area (TPSA) is 69.1 Å². The molecular formula is C16H26N4O2S. The van der Waals surface area contributed by atoms with Crippen molar-refractivity contribution in [1.29, 1.82) is 0 Å². The summed E-state index contributed by atoms with van der Waals surface area (Å²) in [5.41, 5.74) is 4.34. The third-order valence-electron chi connectivity index (χ3n) is 3.31. The molecule has 1 atom stereocenters. The fourth-order valence-electron chi connectivity index (χ4n) is 2.13. The minimum atomic E-state index is 0.0944. The molecule has 0 aromatic heterocycles. The maximum atomic E-state index is 10.1. The van der Waals surface area contributed by atoms with Crippen LogP contribution < -0.4 is 15.6 Å². The fourth-order valence-corrected chi connectivity index (χ4v) is 2.39. The Morgan fingerprint density at radius 1 is 1.43 bits per heavy atom. The Bertz CT molecular complexity index is 533. The highest BCUT2D eigenvalue weighted by Gasteiger charge is 2.06. The third-order valence-corrected chi connectivity index (χ3v) is 3.52. The molecule has 0 saturated carbocycles. The number of methoxy groups -OCH3 is 1. The van der Waals surface area contributed by atoms with Gasteiger partial charge in [-0.15, -0.1) is 0 Å². The average Bonchev–Trinajstić information content (AvgIpc) is 2.50. The number of hydrogen-bond acceptors (Lipinski definition) is 5. The van der Waals surface area contributed by atoms with Crippen molar-refractivity contribution in [3.63, 3.8) is 0 Å². The number of rotatable bonds is 8. The summed E-state index contributed by atoms with van der Waals surface area (Å²) in [5.74, 6) is 0.187. The molecule has 128 valence electrons. The molecule has 3 N–H and O–H groups in total. The van der Waals surface area contributed by atoms with Gasteiger partial charge in [-0.1, -0.05) is 0 Å². The van der Waals surface area contributed by atoms with Gasteiger partial charge < -0.3 is 20.1 Å². The number of hydrazone groups is 1. The van der Waals surface area contributed by atoms with E-state index in [0.29, 0.717) is 17.3 Å². The normalized spacial score (nSPS) is 12.2. The zero-order valence-electron chi connectivity index (χ0n) is 14.2. The molecule has 1 aromatic rings. The lowest BCUT2D eigenvalue weighted by molar-refractivity contribution is 0.179. The number of phenols is 1. The number of nitrogens with one attached hydrogen (secondary N) is 2. The van der Waals surface area contributed by atoms with Gasteiger partial charge >= 0.3 is 0 Å². The van der Waals surface area contributed by atoms with Crippen LogP contribution in [-0.4, -0.2) is 49.3 Å². The van der Waals surface area contributed by atoms with E-state index in [9.17, 15) is 5.11 Å². The molecule has 1 aromatic carbocycles. The van der Waals surface area contributed by atoms with E-state index in [1.54, 1.807) is 13.2 Å². The van der Waals surface area contributed by atoms with Crippen molar-refractivity contribution in [3.05, 3.63) is 23.8 Å². The second-order valence-corrected chi connectivity index (χ2v) is 5.52. The number of thiocarbonyl (C=S) groups is 1. The van der Waals surface area contributed by atoms with Crippen LogP contribution in [0.5, 0.6) is 5.75 Å². The maximum absolute atomic E-state index is 10.1. The van der Waals surface area contributed by atoms with E-state index in [4.69, 9.17) is 17.0 Å². The summed E-state index contributed by atoms with van der Waals surface area (Å²) in [6.45, 7) is 8.46. The predicted molar refractivity (Wildman–Crippen MR) is 99.5 cm³/mol. The second-order valence-electron chi connectivity index (χ2n) is 5.12. The zero-order chi connectivity index (χ0) is 17.2. The lowest BCUT2D eigenvalue weighted by Crippen LogP contribution is -2.40. The Morgan fingerprint density at radius 2 is 2.13 bits per heavy atom. The molecule has 0 aliphatic rings. The monoisotopic (exact) mass is 338 g/mol. The van der Waals surface area contributed by atoms with E-state index >= 15 is 0 Å². The zero-order valence-corrected chi connectivity index (χ0v) is 15.0. The van der Waals surface area contributed by atoms with Crippen LogP contribution in [0.1, 0.15) is 26.3 Å². The molecule has 0 heterocycles. The van der Waals surface area contributed by atoms with Crippen LogP contribution in [0.25, 0.3) is 0 Å². The molecule has 0 radical (unpaired) electrons. The van der Waals surface area contributed by atoms with Gasteiger partial charge in [0, 0.05) is 43.6 Å². The van der Waals surface area contributed by atoms with Gasteiger partial charge in [0.15, 0.2) is 5.11 Å². The van der Waals surface area contributed by atoms with Gasteiger partial charge in [-0.2, -0.15) is 5.10 Å². The minimum Gasteiger partial charge on any atom is -0.507 e.